The summed E-state index contributed by atoms with van der Waals surface area (Å²) in [5, 5.41) is 10.9. The van der Waals surface area contributed by atoms with Gasteiger partial charge in [-0.15, -0.1) is 0 Å². The Morgan fingerprint density at radius 1 is 1.07 bits per heavy atom. The molecule has 0 saturated carbocycles. The Morgan fingerprint density at radius 2 is 1.78 bits per heavy atom. The van der Waals surface area contributed by atoms with Crippen LogP contribution in [0, 0.1) is 10.1 Å². The quantitative estimate of drug-likeness (QED) is 0.126. The molecule has 0 aliphatic carbocycles. The Balaban J connectivity index is 1.50. The standard InChI is InChI=1S/C34H33N3O8S/c1-6-43-26-14-10-24(11-15-26)31-30(33(39)45-20(2)3)21(4)35-34-36(31)32(38)29(46-34)18-23-9-16-27(28(17-23)42-5)44-19-22-7-12-25(13-8-22)37(40)41/h7-18,20,31H,6,19H2,1-5H3/b29-18+/t31-/m1/s1. The SMILES string of the molecule is CCOc1ccc([C@@H]2C(C(=O)OC(C)C)=C(C)N=c3s/c(=C/c4ccc(OCc5ccc([N+](=O)[O-])cc5)c(OC)c4)c(=O)n32)cc1. The highest BCUT2D eigenvalue weighted by Gasteiger charge is 2.33. The second kappa shape index (κ2) is 13.8. The summed E-state index contributed by atoms with van der Waals surface area (Å²) in [5.74, 6) is 1.07. The zero-order valence-electron chi connectivity index (χ0n) is 26.0. The molecule has 1 aliphatic rings. The van der Waals surface area contributed by atoms with Gasteiger partial charge in [-0.1, -0.05) is 29.5 Å². The average molecular weight is 644 g/mol. The largest absolute Gasteiger partial charge is 0.494 e. The maximum absolute atomic E-state index is 14.0. The fourth-order valence-corrected chi connectivity index (χ4v) is 6.05. The molecule has 0 N–H and O–H groups in total. The van der Waals surface area contributed by atoms with Crippen molar-refractivity contribution in [3.05, 3.63) is 124 Å². The van der Waals surface area contributed by atoms with Crippen LogP contribution in [0.15, 0.2) is 87.8 Å². The molecule has 0 saturated heterocycles. The summed E-state index contributed by atoms with van der Waals surface area (Å²) < 4.78 is 24.6. The molecular formula is C34H33N3O8S. The van der Waals surface area contributed by atoms with E-state index in [0.29, 0.717) is 50.0 Å². The van der Waals surface area contributed by atoms with E-state index in [4.69, 9.17) is 18.9 Å². The molecule has 0 spiro atoms. The summed E-state index contributed by atoms with van der Waals surface area (Å²) in [6.07, 6.45) is 1.39. The van der Waals surface area contributed by atoms with Crippen molar-refractivity contribution < 1.29 is 28.7 Å². The van der Waals surface area contributed by atoms with Gasteiger partial charge in [0.25, 0.3) is 11.2 Å². The zero-order chi connectivity index (χ0) is 33.0. The Labute approximate surface area is 268 Å². The van der Waals surface area contributed by atoms with Gasteiger partial charge in [-0.05, 0) is 86.9 Å². The Hall–Kier alpha value is -5.23. The number of rotatable bonds is 11. The van der Waals surface area contributed by atoms with E-state index in [0.717, 1.165) is 11.1 Å². The molecule has 0 unspecified atom stereocenters. The monoisotopic (exact) mass is 643 g/mol. The van der Waals surface area contributed by atoms with Gasteiger partial charge in [-0.3, -0.25) is 19.5 Å². The summed E-state index contributed by atoms with van der Waals surface area (Å²) in [5.41, 5.74) is 2.65. The van der Waals surface area contributed by atoms with Crippen molar-refractivity contribution in [1.29, 1.82) is 0 Å². The summed E-state index contributed by atoms with van der Waals surface area (Å²) >= 11 is 1.22. The van der Waals surface area contributed by atoms with Crippen molar-refractivity contribution in [2.75, 3.05) is 13.7 Å². The molecule has 0 amide bonds. The van der Waals surface area contributed by atoms with Gasteiger partial charge in [-0.2, -0.15) is 0 Å². The lowest BCUT2D eigenvalue weighted by Crippen LogP contribution is -2.40. The summed E-state index contributed by atoms with van der Waals surface area (Å²) in [6.45, 7) is 7.88. The molecule has 2 heterocycles. The topological polar surface area (TPSA) is 131 Å². The number of hydrogen-bond acceptors (Lipinski definition) is 10. The highest BCUT2D eigenvalue weighted by Crippen LogP contribution is 2.32. The number of non-ortho nitro benzene ring substituents is 1. The van der Waals surface area contributed by atoms with Gasteiger partial charge in [-0.25, -0.2) is 9.79 Å². The van der Waals surface area contributed by atoms with Crippen LogP contribution in [0.2, 0.25) is 0 Å². The van der Waals surface area contributed by atoms with E-state index >= 15 is 0 Å². The first-order valence-electron chi connectivity index (χ1n) is 14.6. The van der Waals surface area contributed by atoms with E-state index in [1.165, 1.54) is 35.1 Å². The normalized spacial score (nSPS) is 14.5. The number of carbonyl (C=O) groups excluding carboxylic acids is 1. The molecule has 4 aromatic rings. The second-order valence-corrected chi connectivity index (χ2v) is 11.7. The maximum atomic E-state index is 14.0. The Bertz CT molecular complexity index is 1980. The molecule has 0 radical (unpaired) electrons. The number of nitro benzene ring substituents is 1. The smallest absolute Gasteiger partial charge is 0.338 e. The minimum atomic E-state index is -0.745. The van der Waals surface area contributed by atoms with E-state index in [9.17, 15) is 19.7 Å². The molecule has 0 fully saturated rings. The van der Waals surface area contributed by atoms with Gasteiger partial charge in [0, 0.05) is 12.1 Å². The van der Waals surface area contributed by atoms with E-state index in [2.05, 4.69) is 4.99 Å². The molecule has 12 heteroatoms. The average Bonchev–Trinajstić information content (AvgIpc) is 3.33. The van der Waals surface area contributed by atoms with Crippen LogP contribution >= 0.6 is 11.3 Å². The first-order chi connectivity index (χ1) is 22.1. The number of nitrogens with zero attached hydrogens (tertiary/aromatic N) is 3. The van der Waals surface area contributed by atoms with E-state index in [-0.39, 0.29) is 24.0 Å². The third-order valence-corrected chi connectivity index (χ3v) is 8.10. The molecule has 11 nitrogen and oxygen atoms in total. The second-order valence-electron chi connectivity index (χ2n) is 10.7. The number of methoxy groups -OCH3 is 1. The molecule has 1 atom stereocenters. The van der Waals surface area contributed by atoms with Crippen molar-refractivity contribution in [2.24, 2.45) is 4.99 Å². The summed E-state index contributed by atoms with van der Waals surface area (Å²) in [6, 6.07) is 18.0. The van der Waals surface area contributed by atoms with E-state index < -0.39 is 16.9 Å². The lowest BCUT2D eigenvalue weighted by molar-refractivity contribution is -0.384. The van der Waals surface area contributed by atoms with Gasteiger partial charge in [0.1, 0.15) is 12.4 Å². The minimum absolute atomic E-state index is 0.00337. The number of hydrogen-bond donors (Lipinski definition) is 0. The molecule has 0 bridgehead atoms. The first kappa shape index (κ1) is 32.2. The van der Waals surface area contributed by atoms with Crippen LogP contribution in [0.3, 0.4) is 0 Å². The molecule has 238 valence electrons. The highest BCUT2D eigenvalue weighted by atomic mass is 32.1. The lowest BCUT2D eigenvalue weighted by atomic mass is 9.96. The van der Waals surface area contributed by atoms with Crippen molar-refractivity contribution in [3.63, 3.8) is 0 Å². The lowest BCUT2D eigenvalue weighted by Gasteiger charge is -2.25. The number of nitro groups is 1. The Kier molecular flexibility index (Phi) is 9.67. The number of esters is 1. The van der Waals surface area contributed by atoms with Crippen molar-refractivity contribution in [3.8, 4) is 17.2 Å². The van der Waals surface area contributed by atoms with Crippen molar-refractivity contribution >= 4 is 29.1 Å². The van der Waals surface area contributed by atoms with Gasteiger partial charge in [0.2, 0.25) is 0 Å². The molecule has 1 aliphatic heterocycles. The number of fused-ring (bicyclic) bond motifs is 1. The van der Waals surface area contributed by atoms with Gasteiger partial charge in [0.05, 0.1) is 46.6 Å². The molecule has 5 rings (SSSR count). The fourth-order valence-electron chi connectivity index (χ4n) is 5.01. The third kappa shape index (κ3) is 6.86. The van der Waals surface area contributed by atoms with Crippen LogP contribution in [0.1, 0.15) is 50.4 Å². The third-order valence-electron chi connectivity index (χ3n) is 7.12. The van der Waals surface area contributed by atoms with Crippen LogP contribution in [0.5, 0.6) is 17.2 Å². The summed E-state index contributed by atoms with van der Waals surface area (Å²) in [7, 11) is 1.52. The fraction of sp³-hybridized carbons (Fsp3) is 0.265. The number of thiazole rings is 1. The first-order valence-corrected chi connectivity index (χ1v) is 15.4. The van der Waals surface area contributed by atoms with Crippen LogP contribution in [0.4, 0.5) is 5.69 Å². The predicted octanol–water partition coefficient (Wildman–Crippen LogP) is 5.08. The van der Waals surface area contributed by atoms with Crippen LogP contribution < -0.4 is 29.1 Å². The molecule has 46 heavy (non-hydrogen) atoms. The van der Waals surface area contributed by atoms with Crippen molar-refractivity contribution in [2.45, 2.75) is 46.4 Å². The molecular weight excluding hydrogens is 610 g/mol. The zero-order valence-corrected chi connectivity index (χ0v) is 26.8. The number of ether oxygens (including phenoxy) is 4. The van der Waals surface area contributed by atoms with E-state index in [1.807, 2.05) is 31.2 Å². The predicted molar refractivity (Wildman–Crippen MR) is 173 cm³/mol. The van der Waals surface area contributed by atoms with Gasteiger partial charge < -0.3 is 18.9 Å². The maximum Gasteiger partial charge on any atom is 0.338 e. The number of allylic oxidation sites excluding steroid dienone is 1. The van der Waals surface area contributed by atoms with Crippen LogP contribution in [0.25, 0.3) is 6.08 Å². The molecule has 1 aromatic heterocycles. The van der Waals surface area contributed by atoms with E-state index in [1.54, 1.807) is 57.2 Å². The minimum Gasteiger partial charge on any atom is -0.494 e. The number of carbonyl (C=O) groups is 1. The highest BCUT2D eigenvalue weighted by molar-refractivity contribution is 7.07. The number of benzene rings is 3. The van der Waals surface area contributed by atoms with Crippen LogP contribution in [-0.2, 0) is 16.1 Å². The van der Waals surface area contributed by atoms with Gasteiger partial charge >= 0.3 is 5.97 Å². The Morgan fingerprint density at radius 3 is 2.41 bits per heavy atom. The summed E-state index contributed by atoms with van der Waals surface area (Å²) in [4.78, 5) is 42.9. The number of aromatic nitrogens is 1. The van der Waals surface area contributed by atoms with Crippen molar-refractivity contribution in [1.82, 2.24) is 4.57 Å². The van der Waals surface area contributed by atoms with Gasteiger partial charge in [0.15, 0.2) is 16.3 Å². The molecule has 3 aromatic carbocycles. The van der Waals surface area contributed by atoms with Crippen LogP contribution in [-0.4, -0.2) is 35.3 Å².